The first-order valence-corrected chi connectivity index (χ1v) is 7.63. The van der Waals surface area contributed by atoms with Gasteiger partial charge in [0.15, 0.2) is 0 Å². The van der Waals surface area contributed by atoms with Crippen LogP contribution < -0.4 is 10.6 Å². The zero-order chi connectivity index (χ0) is 17.5. The number of hydrogen-bond donors (Lipinski definition) is 2. The predicted molar refractivity (Wildman–Crippen MR) is 92.3 cm³/mol. The smallest absolute Gasteiger partial charge is 0.274 e. The first-order valence-electron chi connectivity index (χ1n) is 7.63. The number of ether oxygens (including phenoxy) is 1. The molecule has 0 unspecified atom stereocenters. The van der Waals surface area contributed by atoms with Gasteiger partial charge in [-0.25, -0.2) is 0 Å². The Bertz CT molecular complexity index is 744. The van der Waals surface area contributed by atoms with Gasteiger partial charge in [-0.05, 0) is 43.2 Å². The monoisotopic (exact) mass is 327 g/mol. The molecule has 0 aliphatic carbocycles. The van der Waals surface area contributed by atoms with Gasteiger partial charge >= 0.3 is 0 Å². The summed E-state index contributed by atoms with van der Waals surface area (Å²) in [5.74, 6) is -0.620. The Morgan fingerprint density at radius 1 is 1.12 bits per heavy atom. The predicted octanol–water partition coefficient (Wildman–Crippen LogP) is 2.33. The minimum absolute atomic E-state index is 0.190. The number of rotatable bonds is 6. The van der Waals surface area contributed by atoms with E-state index in [1.807, 2.05) is 32.0 Å². The van der Waals surface area contributed by atoms with E-state index in [0.29, 0.717) is 18.7 Å². The Morgan fingerprint density at radius 2 is 1.92 bits per heavy atom. The van der Waals surface area contributed by atoms with Gasteiger partial charge in [-0.2, -0.15) is 0 Å². The molecule has 2 N–H and O–H groups in total. The number of nitrogens with zero attached hydrogens (tertiary/aromatic N) is 1. The second-order valence-electron chi connectivity index (χ2n) is 5.45. The van der Waals surface area contributed by atoms with Gasteiger partial charge in [0.25, 0.3) is 11.8 Å². The number of benzene rings is 1. The highest BCUT2D eigenvalue weighted by molar-refractivity contribution is 6.05. The average molecular weight is 327 g/mol. The van der Waals surface area contributed by atoms with Gasteiger partial charge in [0, 0.05) is 31.1 Å². The standard InChI is InChI=1S/C18H21N3O3/c1-12-4-5-13(2)15(10-12)21-18(23)16-11-14(6-7-19-16)17(22)20-8-9-24-3/h4-7,10-11H,8-9H2,1-3H3,(H,20,22)(H,21,23). The van der Waals surface area contributed by atoms with E-state index in [1.165, 1.54) is 12.3 Å². The number of hydrogen-bond acceptors (Lipinski definition) is 4. The summed E-state index contributed by atoms with van der Waals surface area (Å²) in [6.07, 6.45) is 1.45. The van der Waals surface area contributed by atoms with E-state index in [-0.39, 0.29) is 17.5 Å². The Kier molecular flexibility index (Phi) is 6.03. The Balaban J connectivity index is 2.11. The maximum absolute atomic E-state index is 12.4. The number of carbonyl (C=O) groups is 2. The molecule has 0 fully saturated rings. The van der Waals surface area contributed by atoms with Crippen LogP contribution in [0.1, 0.15) is 32.0 Å². The summed E-state index contributed by atoms with van der Waals surface area (Å²) >= 11 is 0. The lowest BCUT2D eigenvalue weighted by Crippen LogP contribution is -2.27. The van der Waals surface area contributed by atoms with Crippen LogP contribution in [0.25, 0.3) is 0 Å². The number of anilines is 1. The molecule has 24 heavy (non-hydrogen) atoms. The van der Waals surface area contributed by atoms with Crippen molar-refractivity contribution in [2.24, 2.45) is 0 Å². The van der Waals surface area contributed by atoms with Crippen LogP contribution in [0.15, 0.2) is 36.5 Å². The third-order valence-corrected chi connectivity index (χ3v) is 3.49. The summed E-state index contributed by atoms with van der Waals surface area (Å²) in [5.41, 5.74) is 3.32. The molecule has 1 aromatic heterocycles. The summed E-state index contributed by atoms with van der Waals surface area (Å²) in [6.45, 7) is 4.71. The van der Waals surface area contributed by atoms with Crippen molar-refractivity contribution in [1.29, 1.82) is 0 Å². The number of methoxy groups -OCH3 is 1. The lowest BCUT2D eigenvalue weighted by atomic mass is 10.1. The van der Waals surface area contributed by atoms with E-state index < -0.39 is 0 Å². The van der Waals surface area contributed by atoms with Crippen LogP contribution in [0.3, 0.4) is 0 Å². The van der Waals surface area contributed by atoms with Gasteiger partial charge in [-0.15, -0.1) is 0 Å². The lowest BCUT2D eigenvalue weighted by molar-refractivity contribution is 0.0937. The van der Waals surface area contributed by atoms with Crippen LogP contribution in [-0.2, 0) is 4.74 Å². The fourth-order valence-corrected chi connectivity index (χ4v) is 2.12. The SMILES string of the molecule is COCCNC(=O)c1ccnc(C(=O)Nc2cc(C)ccc2C)c1. The molecule has 1 aromatic carbocycles. The number of amides is 2. The van der Waals surface area contributed by atoms with Crippen molar-refractivity contribution in [1.82, 2.24) is 10.3 Å². The average Bonchev–Trinajstić information content (AvgIpc) is 2.58. The normalized spacial score (nSPS) is 10.3. The molecule has 0 aliphatic heterocycles. The van der Waals surface area contributed by atoms with Crippen molar-refractivity contribution < 1.29 is 14.3 Å². The molecule has 2 aromatic rings. The van der Waals surface area contributed by atoms with Gasteiger partial charge in [0.05, 0.1) is 6.61 Å². The third kappa shape index (κ3) is 4.63. The second-order valence-corrected chi connectivity index (χ2v) is 5.45. The van der Waals surface area contributed by atoms with E-state index in [1.54, 1.807) is 13.2 Å². The quantitative estimate of drug-likeness (QED) is 0.798. The van der Waals surface area contributed by atoms with Crippen LogP contribution in [0, 0.1) is 13.8 Å². The van der Waals surface area contributed by atoms with Crippen molar-refractivity contribution in [2.75, 3.05) is 25.6 Å². The lowest BCUT2D eigenvalue weighted by Gasteiger charge is -2.10. The first kappa shape index (κ1) is 17.6. The van der Waals surface area contributed by atoms with Gasteiger partial charge < -0.3 is 15.4 Å². The Labute approximate surface area is 141 Å². The highest BCUT2D eigenvalue weighted by Crippen LogP contribution is 2.17. The molecule has 0 spiro atoms. The zero-order valence-electron chi connectivity index (χ0n) is 14.1. The summed E-state index contributed by atoms with van der Waals surface area (Å²) < 4.78 is 4.89. The summed E-state index contributed by atoms with van der Waals surface area (Å²) in [4.78, 5) is 28.5. The van der Waals surface area contributed by atoms with Crippen molar-refractivity contribution in [3.8, 4) is 0 Å². The topological polar surface area (TPSA) is 80.3 Å². The third-order valence-electron chi connectivity index (χ3n) is 3.49. The maximum atomic E-state index is 12.4. The second kappa shape index (κ2) is 8.21. The molecule has 2 rings (SSSR count). The van der Waals surface area contributed by atoms with Crippen LogP contribution in [0.4, 0.5) is 5.69 Å². The summed E-state index contributed by atoms with van der Waals surface area (Å²) in [6, 6.07) is 8.86. The maximum Gasteiger partial charge on any atom is 0.274 e. The van der Waals surface area contributed by atoms with E-state index in [2.05, 4.69) is 15.6 Å². The Hall–Kier alpha value is -2.73. The van der Waals surface area contributed by atoms with Crippen molar-refractivity contribution in [3.05, 3.63) is 58.9 Å². The van der Waals surface area contributed by atoms with Crippen molar-refractivity contribution in [3.63, 3.8) is 0 Å². The van der Waals surface area contributed by atoms with Crippen LogP contribution >= 0.6 is 0 Å². The first-order chi connectivity index (χ1) is 11.5. The van der Waals surface area contributed by atoms with Gasteiger partial charge in [0.2, 0.25) is 0 Å². The number of carbonyl (C=O) groups excluding carboxylic acids is 2. The van der Waals surface area contributed by atoms with Crippen LogP contribution in [0.2, 0.25) is 0 Å². The minimum atomic E-state index is -0.352. The largest absolute Gasteiger partial charge is 0.383 e. The zero-order valence-corrected chi connectivity index (χ0v) is 14.1. The van der Waals surface area contributed by atoms with Gasteiger partial charge in [-0.3, -0.25) is 14.6 Å². The molecule has 6 heteroatoms. The molecule has 0 aliphatic rings. The van der Waals surface area contributed by atoms with Crippen LogP contribution in [-0.4, -0.2) is 37.1 Å². The molecule has 126 valence electrons. The van der Waals surface area contributed by atoms with E-state index >= 15 is 0 Å². The molecule has 1 heterocycles. The van der Waals surface area contributed by atoms with Gasteiger partial charge in [-0.1, -0.05) is 12.1 Å². The molecule has 0 bridgehead atoms. The molecule has 2 amide bonds. The molecule has 0 saturated carbocycles. The van der Waals surface area contributed by atoms with Crippen molar-refractivity contribution >= 4 is 17.5 Å². The number of nitrogens with one attached hydrogen (secondary N) is 2. The fourth-order valence-electron chi connectivity index (χ4n) is 2.12. The van der Waals surface area contributed by atoms with E-state index in [0.717, 1.165) is 16.8 Å². The van der Waals surface area contributed by atoms with E-state index in [9.17, 15) is 9.59 Å². The Morgan fingerprint density at radius 3 is 2.67 bits per heavy atom. The number of pyridine rings is 1. The number of aromatic nitrogens is 1. The highest BCUT2D eigenvalue weighted by Gasteiger charge is 2.13. The molecular weight excluding hydrogens is 306 g/mol. The highest BCUT2D eigenvalue weighted by atomic mass is 16.5. The van der Waals surface area contributed by atoms with E-state index in [4.69, 9.17) is 4.74 Å². The number of aryl methyl sites for hydroxylation is 2. The fraction of sp³-hybridized carbons (Fsp3) is 0.278. The molecule has 6 nitrogen and oxygen atoms in total. The molecule has 0 saturated heterocycles. The van der Waals surface area contributed by atoms with Crippen molar-refractivity contribution in [2.45, 2.75) is 13.8 Å². The summed E-state index contributed by atoms with van der Waals surface area (Å²) in [5, 5.41) is 5.54. The molecule has 0 atom stereocenters. The summed E-state index contributed by atoms with van der Waals surface area (Å²) in [7, 11) is 1.56. The van der Waals surface area contributed by atoms with Crippen LogP contribution in [0.5, 0.6) is 0 Å². The molecule has 0 radical (unpaired) electrons. The minimum Gasteiger partial charge on any atom is -0.383 e. The van der Waals surface area contributed by atoms with Gasteiger partial charge in [0.1, 0.15) is 5.69 Å². The molecular formula is C18H21N3O3.